The quantitative estimate of drug-likeness (QED) is 0.325. The lowest BCUT2D eigenvalue weighted by molar-refractivity contribution is -0.122. The van der Waals surface area contributed by atoms with Crippen LogP contribution in [0, 0.1) is 0 Å². The van der Waals surface area contributed by atoms with E-state index in [0.717, 1.165) is 29.7 Å². The highest BCUT2D eigenvalue weighted by atomic mass is 35.5. The van der Waals surface area contributed by atoms with Crippen LogP contribution in [0.25, 0.3) is 0 Å². The summed E-state index contributed by atoms with van der Waals surface area (Å²) in [5.74, 6) is -0.183. The van der Waals surface area contributed by atoms with Crippen molar-refractivity contribution in [3.63, 3.8) is 0 Å². The first-order valence-electron chi connectivity index (χ1n) is 10.9. The molecule has 178 valence electrons. The molecule has 34 heavy (non-hydrogen) atoms. The average Bonchev–Trinajstić information content (AvgIpc) is 2.81. The highest BCUT2D eigenvalue weighted by molar-refractivity contribution is 6.42. The fraction of sp³-hybridized carbons (Fsp3) is 0.231. The number of amides is 2. The SMILES string of the molecule is CCc1cccc(CC)c1NC(=O)C(C)Oc1ccc(C(=O)Nc2c(Cl)cc(Cl)cc2Cl)cc1. The number of aryl methyl sites for hydroxylation is 2. The lowest BCUT2D eigenvalue weighted by Crippen LogP contribution is -2.31. The topological polar surface area (TPSA) is 67.4 Å². The van der Waals surface area contributed by atoms with Crippen molar-refractivity contribution in [3.05, 3.63) is 86.4 Å². The van der Waals surface area contributed by atoms with E-state index in [4.69, 9.17) is 39.5 Å². The zero-order valence-corrected chi connectivity index (χ0v) is 21.3. The largest absolute Gasteiger partial charge is 0.481 e. The lowest BCUT2D eigenvalue weighted by atomic mass is 10.0. The Labute approximate surface area is 214 Å². The van der Waals surface area contributed by atoms with Crippen molar-refractivity contribution in [2.24, 2.45) is 0 Å². The fourth-order valence-electron chi connectivity index (χ4n) is 3.42. The van der Waals surface area contributed by atoms with Gasteiger partial charge in [-0.15, -0.1) is 0 Å². The van der Waals surface area contributed by atoms with Gasteiger partial charge in [0.1, 0.15) is 5.75 Å². The van der Waals surface area contributed by atoms with Gasteiger partial charge in [-0.25, -0.2) is 0 Å². The maximum absolute atomic E-state index is 12.8. The van der Waals surface area contributed by atoms with Gasteiger partial charge in [-0.3, -0.25) is 9.59 Å². The second kappa shape index (κ2) is 11.6. The molecule has 2 amide bonds. The first-order chi connectivity index (χ1) is 16.2. The van der Waals surface area contributed by atoms with Crippen molar-refractivity contribution in [1.82, 2.24) is 0 Å². The lowest BCUT2D eigenvalue weighted by Gasteiger charge is -2.18. The number of ether oxygens (including phenoxy) is 1. The fourth-order valence-corrected chi connectivity index (χ4v) is 4.33. The molecular weight excluding hydrogens is 495 g/mol. The van der Waals surface area contributed by atoms with Gasteiger partial charge in [-0.05, 0) is 67.3 Å². The molecule has 3 aromatic rings. The number of rotatable bonds is 8. The summed E-state index contributed by atoms with van der Waals surface area (Å²) in [6.45, 7) is 5.79. The molecule has 0 aliphatic heterocycles. The van der Waals surface area contributed by atoms with Gasteiger partial charge >= 0.3 is 0 Å². The minimum atomic E-state index is -0.735. The van der Waals surface area contributed by atoms with Crippen molar-refractivity contribution < 1.29 is 14.3 Å². The van der Waals surface area contributed by atoms with Gasteiger partial charge in [0, 0.05) is 16.3 Å². The van der Waals surface area contributed by atoms with Crippen molar-refractivity contribution in [2.45, 2.75) is 39.7 Å². The highest BCUT2D eigenvalue weighted by Gasteiger charge is 2.18. The summed E-state index contributed by atoms with van der Waals surface area (Å²) in [6.07, 6.45) is 0.893. The summed E-state index contributed by atoms with van der Waals surface area (Å²) < 4.78 is 5.80. The first kappa shape index (κ1) is 25.9. The van der Waals surface area contributed by atoms with Crippen LogP contribution >= 0.6 is 34.8 Å². The number of para-hydroxylation sites is 1. The Kier molecular flexibility index (Phi) is 8.84. The van der Waals surface area contributed by atoms with Crippen LogP contribution in [0.15, 0.2) is 54.6 Å². The molecule has 5 nitrogen and oxygen atoms in total. The number of hydrogen-bond acceptors (Lipinski definition) is 3. The van der Waals surface area contributed by atoms with E-state index < -0.39 is 12.0 Å². The number of carbonyl (C=O) groups excluding carboxylic acids is 2. The number of nitrogens with one attached hydrogen (secondary N) is 2. The molecule has 0 spiro atoms. The molecule has 1 atom stereocenters. The third kappa shape index (κ3) is 6.23. The number of carbonyl (C=O) groups is 2. The Hall–Kier alpha value is -2.73. The molecule has 0 aliphatic rings. The number of benzene rings is 3. The van der Waals surface area contributed by atoms with E-state index in [-0.39, 0.29) is 21.6 Å². The maximum Gasteiger partial charge on any atom is 0.265 e. The summed E-state index contributed by atoms with van der Waals surface area (Å²) in [5, 5.41) is 6.54. The third-order valence-electron chi connectivity index (χ3n) is 5.29. The zero-order valence-electron chi connectivity index (χ0n) is 19.0. The standard InChI is InChI=1S/C26H25Cl3N2O3/c1-4-16-7-6-8-17(5-2)23(16)30-25(32)15(3)34-20-11-9-18(10-12-20)26(33)31-24-21(28)13-19(27)14-22(24)29/h6-15H,4-5H2,1-3H3,(H,30,32)(H,31,33). The number of hydrogen-bond donors (Lipinski definition) is 2. The Morgan fingerprint density at radius 3 is 1.94 bits per heavy atom. The molecule has 3 rings (SSSR count). The minimum Gasteiger partial charge on any atom is -0.481 e. The van der Waals surface area contributed by atoms with Crippen molar-refractivity contribution >= 4 is 58.0 Å². The molecule has 8 heteroatoms. The Bertz CT molecular complexity index is 1150. The Morgan fingerprint density at radius 1 is 0.853 bits per heavy atom. The van der Waals surface area contributed by atoms with E-state index in [1.165, 1.54) is 12.1 Å². The van der Waals surface area contributed by atoms with Crippen LogP contribution in [-0.2, 0) is 17.6 Å². The normalized spacial score (nSPS) is 11.6. The monoisotopic (exact) mass is 518 g/mol. The van der Waals surface area contributed by atoms with Crippen LogP contribution in [0.2, 0.25) is 15.1 Å². The molecule has 2 N–H and O–H groups in total. The molecule has 0 radical (unpaired) electrons. The molecule has 0 bridgehead atoms. The number of anilines is 2. The van der Waals surface area contributed by atoms with Crippen molar-refractivity contribution in [3.8, 4) is 5.75 Å². The van der Waals surface area contributed by atoms with E-state index in [0.29, 0.717) is 16.3 Å². The minimum absolute atomic E-state index is 0.238. The second-order valence-corrected chi connectivity index (χ2v) is 8.88. The molecule has 0 saturated heterocycles. The van der Waals surface area contributed by atoms with Crippen LogP contribution in [0.3, 0.4) is 0 Å². The van der Waals surface area contributed by atoms with Gasteiger partial charge in [0.2, 0.25) is 0 Å². The van der Waals surface area contributed by atoms with Crippen LogP contribution in [0.4, 0.5) is 11.4 Å². The molecule has 0 heterocycles. The van der Waals surface area contributed by atoms with Crippen LogP contribution < -0.4 is 15.4 Å². The van der Waals surface area contributed by atoms with Gasteiger partial charge in [-0.2, -0.15) is 0 Å². The van der Waals surface area contributed by atoms with Crippen LogP contribution in [0.5, 0.6) is 5.75 Å². The molecule has 1 unspecified atom stereocenters. The van der Waals surface area contributed by atoms with Crippen molar-refractivity contribution in [2.75, 3.05) is 10.6 Å². The highest BCUT2D eigenvalue weighted by Crippen LogP contribution is 2.34. The van der Waals surface area contributed by atoms with E-state index in [1.807, 2.05) is 18.2 Å². The predicted octanol–water partition coefficient (Wildman–Crippen LogP) is 7.43. The summed E-state index contributed by atoms with van der Waals surface area (Å²) in [7, 11) is 0. The smallest absolute Gasteiger partial charge is 0.265 e. The molecule has 3 aromatic carbocycles. The third-order valence-corrected chi connectivity index (χ3v) is 6.11. The average molecular weight is 520 g/mol. The van der Waals surface area contributed by atoms with Crippen LogP contribution in [0.1, 0.15) is 42.3 Å². The second-order valence-electron chi connectivity index (χ2n) is 7.63. The van der Waals surface area contributed by atoms with Gasteiger partial charge in [-0.1, -0.05) is 66.8 Å². The van der Waals surface area contributed by atoms with Gasteiger partial charge in [0.25, 0.3) is 11.8 Å². The number of halogens is 3. The van der Waals surface area contributed by atoms with Gasteiger partial charge in [0.15, 0.2) is 6.10 Å². The van der Waals surface area contributed by atoms with Crippen molar-refractivity contribution in [1.29, 1.82) is 0 Å². The zero-order chi connectivity index (χ0) is 24.8. The molecule has 0 fully saturated rings. The van der Waals surface area contributed by atoms with E-state index in [2.05, 4.69) is 24.5 Å². The van der Waals surface area contributed by atoms with Gasteiger partial charge < -0.3 is 15.4 Å². The predicted molar refractivity (Wildman–Crippen MR) is 140 cm³/mol. The summed E-state index contributed by atoms with van der Waals surface area (Å²) in [5.41, 5.74) is 3.66. The van der Waals surface area contributed by atoms with E-state index in [1.54, 1.807) is 31.2 Å². The maximum atomic E-state index is 12.8. The molecule has 0 saturated carbocycles. The molecule has 0 aliphatic carbocycles. The molecular formula is C26H25Cl3N2O3. The van der Waals surface area contributed by atoms with Crippen LogP contribution in [-0.4, -0.2) is 17.9 Å². The Morgan fingerprint density at radius 2 is 1.41 bits per heavy atom. The molecule has 0 aromatic heterocycles. The summed E-state index contributed by atoms with van der Waals surface area (Å²) in [4.78, 5) is 25.4. The van der Waals surface area contributed by atoms with Gasteiger partial charge in [0.05, 0.1) is 15.7 Å². The summed E-state index contributed by atoms with van der Waals surface area (Å²) >= 11 is 18.2. The Balaban J connectivity index is 1.65. The summed E-state index contributed by atoms with van der Waals surface area (Å²) in [6, 6.07) is 15.4. The van der Waals surface area contributed by atoms with E-state index in [9.17, 15) is 9.59 Å². The first-order valence-corrected chi connectivity index (χ1v) is 12.0. The van der Waals surface area contributed by atoms with E-state index >= 15 is 0 Å².